The molecule has 7 nitrogen and oxygen atoms in total. The van der Waals surface area contributed by atoms with Crippen LogP contribution in [-0.4, -0.2) is 41.5 Å². The smallest absolute Gasteiger partial charge is 0.336 e. The summed E-state index contributed by atoms with van der Waals surface area (Å²) in [5.74, 6) is -5.04. The van der Waals surface area contributed by atoms with E-state index in [1.165, 1.54) is 6.92 Å². The fourth-order valence-electron chi connectivity index (χ4n) is 2.65. The van der Waals surface area contributed by atoms with Crippen molar-refractivity contribution in [2.75, 3.05) is 6.61 Å². The third-order valence-corrected chi connectivity index (χ3v) is 3.46. The summed E-state index contributed by atoms with van der Waals surface area (Å²) in [6.07, 6.45) is 0. The van der Waals surface area contributed by atoms with Crippen LogP contribution in [0.25, 0.3) is 0 Å². The number of ether oxygens (including phenoxy) is 3. The molecule has 0 bridgehead atoms. The summed E-state index contributed by atoms with van der Waals surface area (Å²) in [6, 6.07) is 0. The number of Topliss-reactive ketones (excluding diaryl/α,β-unsaturated/α-hetero) is 1. The molecular weight excluding hydrogens is 340 g/mol. The van der Waals surface area contributed by atoms with Crippen molar-refractivity contribution >= 4 is 23.7 Å². The number of carbonyl (C=O) groups excluding carboxylic acids is 4. The van der Waals surface area contributed by atoms with E-state index in [1.807, 2.05) is 0 Å². The van der Waals surface area contributed by atoms with Gasteiger partial charge in [0.25, 0.3) is 0 Å². The van der Waals surface area contributed by atoms with E-state index in [4.69, 9.17) is 14.2 Å². The van der Waals surface area contributed by atoms with Gasteiger partial charge in [-0.15, -0.1) is 0 Å². The standard InChI is InChI=1S/C19H28O7/c1-9-24-15(21)12-11(10(2)20)13(16(22)25-18(3,4)5)14(12)17(23)26-19(6,7)8/h11,13H,9H2,1-8H3. The van der Waals surface area contributed by atoms with Gasteiger partial charge in [0.1, 0.15) is 22.9 Å². The summed E-state index contributed by atoms with van der Waals surface area (Å²) in [4.78, 5) is 49.6. The van der Waals surface area contributed by atoms with Crippen LogP contribution in [0.4, 0.5) is 0 Å². The molecule has 0 spiro atoms. The van der Waals surface area contributed by atoms with Crippen LogP contribution in [0.5, 0.6) is 0 Å². The minimum absolute atomic E-state index is 0.0751. The van der Waals surface area contributed by atoms with Crippen molar-refractivity contribution in [1.82, 2.24) is 0 Å². The third kappa shape index (κ3) is 5.16. The van der Waals surface area contributed by atoms with Crippen LogP contribution in [0, 0.1) is 11.8 Å². The largest absolute Gasteiger partial charge is 0.463 e. The van der Waals surface area contributed by atoms with E-state index in [0.29, 0.717) is 0 Å². The summed E-state index contributed by atoms with van der Waals surface area (Å²) < 4.78 is 15.6. The fraction of sp³-hybridized carbons (Fsp3) is 0.684. The van der Waals surface area contributed by atoms with E-state index in [2.05, 4.69) is 0 Å². The molecule has 0 aliphatic heterocycles. The van der Waals surface area contributed by atoms with Crippen LogP contribution in [-0.2, 0) is 33.4 Å². The average molecular weight is 368 g/mol. The number of hydrogen-bond acceptors (Lipinski definition) is 7. The van der Waals surface area contributed by atoms with Gasteiger partial charge in [-0.25, -0.2) is 9.59 Å². The van der Waals surface area contributed by atoms with Gasteiger partial charge in [-0.05, 0) is 55.4 Å². The predicted octanol–water partition coefficient (Wildman–Crippen LogP) is 2.36. The second-order valence-corrected chi connectivity index (χ2v) is 8.15. The molecule has 1 rings (SSSR count). The van der Waals surface area contributed by atoms with Crippen LogP contribution in [0.15, 0.2) is 11.1 Å². The molecule has 2 atom stereocenters. The van der Waals surface area contributed by atoms with Gasteiger partial charge >= 0.3 is 17.9 Å². The molecule has 0 saturated carbocycles. The Kier molecular flexibility index (Phi) is 6.39. The van der Waals surface area contributed by atoms with Gasteiger partial charge in [0.15, 0.2) is 0 Å². The highest BCUT2D eigenvalue weighted by molar-refractivity contribution is 6.14. The van der Waals surface area contributed by atoms with Crippen LogP contribution < -0.4 is 0 Å². The highest BCUT2D eigenvalue weighted by Crippen LogP contribution is 2.44. The molecule has 7 heteroatoms. The number of esters is 3. The maximum Gasteiger partial charge on any atom is 0.336 e. The van der Waals surface area contributed by atoms with Gasteiger partial charge in [0.05, 0.1) is 23.7 Å². The van der Waals surface area contributed by atoms with E-state index in [1.54, 1.807) is 48.5 Å². The molecule has 0 fully saturated rings. The van der Waals surface area contributed by atoms with Gasteiger partial charge in [0.2, 0.25) is 0 Å². The molecule has 0 aromatic carbocycles. The summed E-state index contributed by atoms with van der Waals surface area (Å²) in [7, 11) is 0. The molecule has 0 amide bonds. The van der Waals surface area contributed by atoms with Gasteiger partial charge in [-0.1, -0.05) is 0 Å². The molecule has 0 saturated heterocycles. The number of carbonyl (C=O) groups is 4. The van der Waals surface area contributed by atoms with E-state index in [0.717, 1.165) is 0 Å². The highest BCUT2D eigenvalue weighted by atomic mass is 16.6. The maximum absolute atomic E-state index is 12.6. The van der Waals surface area contributed by atoms with E-state index in [-0.39, 0.29) is 17.8 Å². The normalized spacial score (nSPS) is 20.2. The average Bonchev–Trinajstić information content (AvgIpc) is 2.32. The van der Waals surface area contributed by atoms with Crippen molar-refractivity contribution in [1.29, 1.82) is 0 Å². The van der Waals surface area contributed by atoms with Crippen LogP contribution >= 0.6 is 0 Å². The lowest BCUT2D eigenvalue weighted by Gasteiger charge is -2.38. The molecule has 26 heavy (non-hydrogen) atoms. The number of hydrogen-bond donors (Lipinski definition) is 0. The molecular formula is C19H28O7. The molecule has 0 N–H and O–H groups in total. The molecule has 2 unspecified atom stereocenters. The Morgan fingerprint density at radius 2 is 1.27 bits per heavy atom. The van der Waals surface area contributed by atoms with E-state index < -0.39 is 46.7 Å². The predicted molar refractivity (Wildman–Crippen MR) is 93.0 cm³/mol. The summed E-state index contributed by atoms with van der Waals surface area (Å²) in [5.41, 5.74) is -1.92. The van der Waals surface area contributed by atoms with Gasteiger partial charge in [-0.2, -0.15) is 0 Å². The van der Waals surface area contributed by atoms with E-state index >= 15 is 0 Å². The lowest BCUT2D eigenvalue weighted by Crippen LogP contribution is -2.49. The first kappa shape index (κ1) is 21.9. The van der Waals surface area contributed by atoms with Crippen molar-refractivity contribution < 1.29 is 33.4 Å². The first-order chi connectivity index (χ1) is 11.7. The van der Waals surface area contributed by atoms with Gasteiger partial charge < -0.3 is 14.2 Å². The minimum atomic E-state index is -1.18. The summed E-state index contributed by atoms with van der Waals surface area (Å²) in [6.45, 7) is 13.0. The van der Waals surface area contributed by atoms with Crippen LogP contribution in [0.3, 0.4) is 0 Å². The summed E-state index contributed by atoms with van der Waals surface area (Å²) in [5, 5.41) is 0. The lowest BCUT2D eigenvalue weighted by atomic mass is 9.65. The van der Waals surface area contributed by atoms with E-state index in [9.17, 15) is 19.2 Å². The molecule has 0 heterocycles. The Bertz CT molecular complexity index is 644. The molecule has 0 aromatic rings. The molecule has 0 aromatic heterocycles. The zero-order chi connectivity index (χ0) is 20.4. The van der Waals surface area contributed by atoms with Crippen molar-refractivity contribution in [3.8, 4) is 0 Å². The second-order valence-electron chi connectivity index (χ2n) is 8.15. The Hall–Kier alpha value is -2.18. The Balaban J connectivity index is 3.40. The fourth-order valence-corrected chi connectivity index (χ4v) is 2.65. The number of rotatable bonds is 5. The summed E-state index contributed by atoms with van der Waals surface area (Å²) >= 11 is 0. The van der Waals surface area contributed by atoms with Crippen LogP contribution in [0.2, 0.25) is 0 Å². The molecule has 146 valence electrons. The quantitative estimate of drug-likeness (QED) is 0.543. The third-order valence-electron chi connectivity index (χ3n) is 3.46. The Morgan fingerprint density at radius 1 is 0.808 bits per heavy atom. The monoisotopic (exact) mass is 368 g/mol. The first-order valence-corrected chi connectivity index (χ1v) is 8.57. The first-order valence-electron chi connectivity index (χ1n) is 8.57. The minimum Gasteiger partial charge on any atom is -0.463 e. The molecule has 1 aliphatic rings. The Labute approximate surface area is 154 Å². The zero-order valence-corrected chi connectivity index (χ0v) is 16.7. The molecule has 1 aliphatic carbocycles. The van der Waals surface area contributed by atoms with Gasteiger partial charge in [0, 0.05) is 0 Å². The maximum atomic E-state index is 12.6. The van der Waals surface area contributed by atoms with Gasteiger partial charge in [-0.3, -0.25) is 9.59 Å². The zero-order valence-electron chi connectivity index (χ0n) is 16.7. The van der Waals surface area contributed by atoms with Crippen molar-refractivity contribution in [2.24, 2.45) is 11.8 Å². The second kappa shape index (κ2) is 7.60. The topological polar surface area (TPSA) is 96.0 Å². The Morgan fingerprint density at radius 3 is 1.65 bits per heavy atom. The highest BCUT2D eigenvalue weighted by Gasteiger charge is 2.55. The number of ketones is 1. The SMILES string of the molecule is CCOC(=O)C1=C(C(=O)OC(C)(C)C)C(C(=O)OC(C)(C)C)C1C(C)=O. The lowest BCUT2D eigenvalue weighted by molar-refractivity contribution is -0.167. The molecule has 0 radical (unpaired) electrons. The van der Waals surface area contributed by atoms with Crippen molar-refractivity contribution in [2.45, 2.75) is 66.6 Å². The van der Waals surface area contributed by atoms with Crippen molar-refractivity contribution in [3.63, 3.8) is 0 Å². The van der Waals surface area contributed by atoms with Crippen LogP contribution in [0.1, 0.15) is 55.4 Å². The van der Waals surface area contributed by atoms with Crippen molar-refractivity contribution in [3.05, 3.63) is 11.1 Å².